The van der Waals surface area contributed by atoms with E-state index in [1.807, 2.05) is 4.99 Å². The van der Waals surface area contributed by atoms with E-state index in [9.17, 15) is 77.3 Å². The van der Waals surface area contributed by atoms with Crippen LogP contribution in [0.1, 0.15) is 5.56 Å². The highest BCUT2D eigenvalue weighted by Crippen LogP contribution is 2.60. The van der Waals surface area contributed by atoms with Crippen LogP contribution in [0.25, 0.3) is 0 Å². The number of rotatable bonds is 3. The molecule has 2 rings (SSSR count). The Morgan fingerprint density at radius 3 is 1.75 bits per heavy atom. The fourth-order valence-electron chi connectivity index (χ4n) is 2.65. The first-order chi connectivity index (χ1) is 15.9. The average molecular weight is 570 g/mol. The molecule has 8 nitrogen and oxygen atoms in total. The SMILES string of the molecule is O=[N+]([O-])c1cc([N+](=O)[O-])c(NC2=NC(C(F)(F)F)(C(F)(F)F)/C(=C(\F)C(F)(F)F)S2)c(C(F)(F)F)c1. The van der Waals surface area contributed by atoms with Crippen molar-refractivity contribution in [1.82, 2.24) is 0 Å². The minimum Gasteiger partial charge on any atom is -0.329 e. The molecule has 0 saturated heterocycles. The molecule has 1 N–H and O–H groups in total. The van der Waals surface area contributed by atoms with Gasteiger partial charge in [0.2, 0.25) is 5.83 Å². The molecule has 0 radical (unpaired) electrons. The van der Waals surface area contributed by atoms with Crippen molar-refractivity contribution in [2.45, 2.75) is 30.2 Å². The van der Waals surface area contributed by atoms with Gasteiger partial charge in [0.05, 0.1) is 26.4 Å². The Balaban J connectivity index is 2.92. The second-order valence-corrected chi connectivity index (χ2v) is 7.39. The largest absolute Gasteiger partial charge is 0.443 e. The number of thioether (sulfide) groups is 1. The van der Waals surface area contributed by atoms with Crippen molar-refractivity contribution in [3.8, 4) is 0 Å². The smallest absolute Gasteiger partial charge is 0.329 e. The molecule has 1 aliphatic rings. The van der Waals surface area contributed by atoms with Crippen LogP contribution in [0.4, 0.5) is 74.1 Å². The lowest BCUT2D eigenvalue weighted by Gasteiger charge is -2.31. The van der Waals surface area contributed by atoms with Crippen LogP contribution in [0.2, 0.25) is 0 Å². The summed E-state index contributed by atoms with van der Waals surface area (Å²) >= 11 is -1.39. The van der Waals surface area contributed by atoms with Crippen LogP contribution in [-0.2, 0) is 6.18 Å². The molecule has 1 heterocycles. The van der Waals surface area contributed by atoms with Crippen LogP contribution < -0.4 is 5.32 Å². The van der Waals surface area contributed by atoms with Gasteiger partial charge in [-0.3, -0.25) is 20.2 Å². The first-order valence-corrected chi connectivity index (χ1v) is 8.96. The Bertz CT molecular complexity index is 1150. The molecular formula is C14H3F13N4O4S. The van der Waals surface area contributed by atoms with E-state index >= 15 is 0 Å². The molecule has 0 aromatic heterocycles. The van der Waals surface area contributed by atoms with Crippen molar-refractivity contribution in [3.63, 3.8) is 0 Å². The minimum atomic E-state index is -6.85. The molecule has 1 aliphatic heterocycles. The van der Waals surface area contributed by atoms with Crippen molar-refractivity contribution in [2.24, 2.45) is 4.99 Å². The molecule has 0 atom stereocenters. The summed E-state index contributed by atoms with van der Waals surface area (Å²) in [5.74, 6) is -3.95. The number of benzene rings is 1. The molecule has 0 fully saturated rings. The van der Waals surface area contributed by atoms with Crippen LogP contribution in [-0.4, -0.2) is 39.1 Å². The standard InChI is InChI=1S/C14H3F13N4O4S/c15-7(12(19,20)21)8-10(13(22,23)24,14(25,26)27)29-9(36-8)28-6-4(11(16,17)18)1-3(30(32)33)2-5(6)31(34)35/h1-2H,(H,28,29)/b8-7+. The average Bonchev–Trinajstić information content (AvgIpc) is 3.05. The molecule has 22 heteroatoms. The van der Waals surface area contributed by atoms with E-state index in [1.165, 1.54) is 0 Å². The van der Waals surface area contributed by atoms with Gasteiger partial charge in [-0.15, -0.1) is 0 Å². The second-order valence-electron chi connectivity index (χ2n) is 6.39. The van der Waals surface area contributed by atoms with E-state index in [2.05, 4.69) is 0 Å². The zero-order chi connectivity index (χ0) is 28.2. The van der Waals surface area contributed by atoms with Gasteiger partial charge in [-0.25, -0.2) is 9.38 Å². The molecule has 0 spiro atoms. The van der Waals surface area contributed by atoms with Crippen molar-refractivity contribution < 1.29 is 66.9 Å². The molecule has 0 unspecified atom stereocenters. The molecule has 0 saturated carbocycles. The summed E-state index contributed by atoms with van der Waals surface area (Å²) in [7, 11) is 0. The van der Waals surface area contributed by atoms with Gasteiger partial charge in [-0.2, -0.15) is 52.7 Å². The number of aliphatic imine (C=N–C) groups is 1. The summed E-state index contributed by atoms with van der Waals surface area (Å²) in [6.45, 7) is 0. The summed E-state index contributed by atoms with van der Waals surface area (Å²) < 4.78 is 173. The fraction of sp³-hybridized carbons (Fsp3) is 0.357. The molecule has 0 amide bonds. The quantitative estimate of drug-likeness (QED) is 0.248. The monoisotopic (exact) mass is 570 g/mol. The molecule has 0 bridgehead atoms. The number of nitro benzene ring substituents is 2. The normalized spacial score (nSPS) is 18.1. The number of nitrogens with zero attached hydrogens (tertiary/aromatic N) is 3. The van der Waals surface area contributed by atoms with E-state index in [0.29, 0.717) is 0 Å². The topological polar surface area (TPSA) is 111 Å². The van der Waals surface area contributed by atoms with Gasteiger partial charge >= 0.3 is 24.7 Å². The maximum atomic E-state index is 13.8. The Hall–Kier alpha value is -3.33. The summed E-state index contributed by atoms with van der Waals surface area (Å²) in [5, 5.41) is 20.8. The van der Waals surface area contributed by atoms with Crippen LogP contribution in [0.15, 0.2) is 27.9 Å². The van der Waals surface area contributed by atoms with Gasteiger partial charge in [-0.05, 0) is 0 Å². The highest BCUT2D eigenvalue weighted by atomic mass is 32.2. The predicted octanol–water partition coefficient (Wildman–Crippen LogP) is 6.64. The fourth-order valence-corrected chi connectivity index (χ4v) is 3.81. The number of nitro groups is 2. The number of amidine groups is 1. The van der Waals surface area contributed by atoms with Crippen molar-refractivity contribution >= 4 is 34.0 Å². The van der Waals surface area contributed by atoms with E-state index in [0.717, 1.165) is 5.32 Å². The zero-order valence-corrected chi connectivity index (χ0v) is 16.8. The maximum Gasteiger partial charge on any atom is 0.443 e. The Morgan fingerprint density at radius 2 is 1.39 bits per heavy atom. The number of alkyl halides is 12. The Kier molecular flexibility index (Phi) is 6.95. The number of anilines is 1. The van der Waals surface area contributed by atoms with E-state index in [4.69, 9.17) is 0 Å². The van der Waals surface area contributed by atoms with Crippen LogP contribution in [0.3, 0.4) is 0 Å². The third-order valence-electron chi connectivity index (χ3n) is 4.11. The zero-order valence-electron chi connectivity index (χ0n) is 16.0. The van der Waals surface area contributed by atoms with Gasteiger partial charge in [0.15, 0.2) is 5.17 Å². The van der Waals surface area contributed by atoms with Crippen molar-refractivity contribution in [1.29, 1.82) is 0 Å². The van der Waals surface area contributed by atoms with Gasteiger partial charge < -0.3 is 5.32 Å². The third-order valence-corrected chi connectivity index (χ3v) is 5.18. The van der Waals surface area contributed by atoms with Gasteiger partial charge in [-0.1, -0.05) is 11.8 Å². The number of halogens is 13. The highest BCUT2D eigenvalue weighted by molar-refractivity contribution is 8.17. The second kappa shape index (κ2) is 8.65. The summed E-state index contributed by atoms with van der Waals surface area (Å²) in [6, 6.07) is -0.575. The summed E-state index contributed by atoms with van der Waals surface area (Å²) in [4.78, 5) is 17.4. The maximum absolute atomic E-state index is 13.8. The lowest BCUT2D eigenvalue weighted by atomic mass is 9.97. The molecule has 1 aromatic rings. The number of hydrogen-bond acceptors (Lipinski definition) is 7. The number of allylic oxidation sites excluding steroid dienone is 1. The van der Waals surface area contributed by atoms with E-state index in [-0.39, 0.29) is 6.07 Å². The molecular weight excluding hydrogens is 567 g/mol. The molecule has 0 aliphatic carbocycles. The van der Waals surface area contributed by atoms with Crippen LogP contribution >= 0.6 is 11.8 Å². The lowest BCUT2D eigenvalue weighted by Crippen LogP contribution is -2.55. The molecule has 200 valence electrons. The first-order valence-electron chi connectivity index (χ1n) is 8.14. The number of nitrogens with one attached hydrogen (secondary N) is 1. The summed E-state index contributed by atoms with van der Waals surface area (Å²) in [6.07, 6.45) is -25.9. The third kappa shape index (κ3) is 4.97. The van der Waals surface area contributed by atoms with E-state index < -0.39 is 96.4 Å². The first kappa shape index (κ1) is 28.9. The lowest BCUT2D eigenvalue weighted by molar-refractivity contribution is -0.394. The van der Waals surface area contributed by atoms with Crippen LogP contribution in [0.5, 0.6) is 0 Å². The predicted molar refractivity (Wildman–Crippen MR) is 92.4 cm³/mol. The molecule has 36 heavy (non-hydrogen) atoms. The minimum absolute atomic E-state index is 0.175. The van der Waals surface area contributed by atoms with E-state index in [1.54, 1.807) is 0 Å². The van der Waals surface area contributed by atoms with Crippen molar-refractivity contribution in [3.05, 3.63) is 48.7 Å². The highest BCUT2D eigenvalue weighted by Gasteiger charge is 2.77. The van der Waals surface area contributed by atoms with Gasteiger partial charge in [0.1, 0.15) is 5.69 Å². The van der Waals surface area contributed by atoms with Gasteiger partial charge in [0.25, 0.3) is 16.9 Å². The number of hydrogen-bond donors (Lipinski definition) is 1. The summed E-state index contributed by atoms with van der Waals surface area (Å²) in [5.41, 5.74) is -13.9. The van der Waals surface area contributed by atoms with Crippen LogP contribution in [0, 0.1) is 20.2 Å². The molecule has 1 aromatic carbocycles. The Labute approximate surface area is 191 Å². The van der Waals surface area contributed by atoms with Crippen molar-refractivity contribution in [2.75, 3.05) is 5.32 Å². The Morgan fingerprint density at radius 1 is 0.889 bits per heavy atom. The van der Waals surface area contributed by atoms with Gasteiger partial charge in [0, 0.05) is 6.07 Å². The number of non-ortho nitro benzene ring substituents is 1.